The van der Waals surface area contributed by atoms with Gasteiger partial charge < -0.3 is 4.90 Å². The zero-order chi connectivity index (χ0) is 20.7. The van der Waals surface area contributed by atoms with Gasteiger partial charge in [-0.05, 0) is 52.8 Å². The number of anilines is 1. The van der Waals surface area contributed by atoms with Gasteiger partial charge in [0.15, 0.2) is 0 Å². The summed E-state index contributed by atoms with van der Waals surface area (Å²) in [5.74, 6) is -0.330. The highest BCUT2D eigenvalue weighted by atomic mass is 35.5. The van der Waals surface area contributed by atoms with Crippen LogP contribution in [-0.2, 0) is 15.6 Å². The van der Waals surface area contributed by atoms with E-state index in [0.717, 1.165) is 0 Å². The summed E-state index contributed by atoms with van der Waals surface area (Å²) in [6, 6.07) is 4.47. The van der Waals surface area contributed by atoms with Gasteiger partial charge in [0.05, 0.1) is 28.2 Å². The highest BCUT2D eigenvalue weighted by molar-refractivity contribution is 7.92. The zero-order valence-electron chi connectivity index (χ0n) is 16.6. The number of hydrogen-bond donors (Lipinski definition) is 1. The van der Waals surface area contributed by atoms with E-state index in [2.05, 4.69) is 9.82 Å². The molecule has 27 heavy (non-hydrogen) atoms. The van der Waals surface area contributed by atoms with Crippen molar-refractivity contribution >= 4 is 33.2 Å². The summed E-state index contributed by atoms with van der Waals surface area (Å²) >= 11 is 6.03. The molecule has 9 heteroatoms. The van der Waals surface area contributed by atoms with Crippen LogP contribution in [-0.4, -0.2) is 43.1 Å². The first-order chi connectivity index (χ1) is 12.3. The fourth-order valence-corrected chi connectivity index (χ4v) is 4.53. The van der Waals surface area contributed by atoms with Crippen LogP contribution >= 0.6 is 11.6 Å². The second-order valence-corrected chi connectivity index (χ2v) is 9.63. The van der Waals surface area contributed by atoms with Crippen molar-refractivity contribution in [3.63, 3.8) is 0 Å². The second-order valence-electron chi connectivity index (χ2n) is 7.58. The molecule has 7 nitrogen and oxygen atoms in total. The Morgan fingerprint density at radius 2 is 1.81 bits per heavy atom. The molecular formula is C18H25ClN4O3S. The van der Waals surface area contributed by atoms with Gasteiger partial charge in [-0.1, -0.05) is 11.6 Å². The van der Waals surface area contributed by atoms with Crippen LogP contribution in [0.4, 0.5) is 5.69 Å². The molecule has 0 radical (unpaired) electrons. The van der Waals surface area contributed by atoms with Gasteiger partial charge in [-0.2, -0.15) is 5.10 Å². The number of nitrogens with zero attached hydrogens (tertiary/aromatic N) is 3. The van der Waals surface area contributed by atoms with Crippen LogP contribution in [0.5, 0.6) is 0 Å². The predicted octanol–water partition coefficient (Wildman–Crippen LogP) is 3.41. The molecule has 1 heterocycles. The van der Waals surface area contributed by atoms with Crippen LogP contribution in [0.2, 0.25) is 5.02 Å². The smallest absolute Gasteiger partial charge is 0.265 e. The third-order valence-corrected chi connectivity index (χ3v) is 5.84. The normalized spacial score (nSPS) is 12.1. The highest BCUT2D eigenvalue weighted by Gasteiger charge is 2.29. The van der Waals surface area contributed by atoms with Crippen LogP contribution < -0.4 is 4.72 Å². The Morgan fingerprint density at radius 1 is 1.22 bits per heavy atom. The van der Waals surface area contributed by atoms with E-state index in [0.29, 0.717) is 16.4 Å². The number of nitrogens with one attached hydrogen (secondary N) is 1. The van der Waals surface area contributed by atoms with Crippen molar-refractivity contribution in [3.05, 3.63) is 40.2 Å². The van der Waals surface area contributed by atoms with E-state index in [4.69, 9.17) is 11.6 Å². The Kier molecular flexibility index (Phi) is 5.64. The van der Waals surface area contributed by atoms with Crippen molar-refractivity contribution < 1.29 is 13.2 Å². The monoisotopic (exact) mass is 412 g/mol. The minimum Gasteiger partial charge on any atom is -0.345 e. The predicted molar refractivity (Wildman–Crippen MR) is 107 cm³/mol. The molecule has 2 aromatic rings. The summed E-state index contributed by atoms with van der Waals surface area (Å²) < 4.78 is 30.4. The molecule has 0 aliphatic rings. The third kappa shape index (κ3) is 4.27. The third-order valence-electron chi connectivity index (χ3n) is 3.99. The molecule has 0 spiro atoms. The maximum Gasteiger partial charge on any atom is 0.265 e. The van der Waals surface area contributed by atoms with Crippen molar-refractivity contribution in [1.82, 2.24) is 14.7 Å². The van der Waals surface area contributed by atoms with E-state index >= 15 is 0 Å². The van der Waals surface area contributed by atoms with E-state index in [1.165, 1.54) is 17.0 Å². The number of hydrogen-bond acceptors (Lipinski definition) is 4. The first-order valence-corrected chi connectivity index (χ1v) is 10.2. The van der Waals surface area contributed by atoms with Crippen LogP contribution in [0.25, 0.3) is 0 Å². The topological polar surface area (TPSA) is 84.3 Å². The summed E-state index contributed by atoms with van der Waals surface area (Å²) in [4.78, 5) is 13.9. The van der Waals surface area contributed by atoms with E-state index in [1.54, 1.807) is 38.7 Å². The second kappa shape index (κ2) is 7.16. The van der Waals surface area contributed by atoms with Crippen LogP contribution in [0, 0.1) is 13.8 Å². The van der Waals surface area contributed by atoms with Crippen LogP contribution in [0.3, 0.4) is 0 Å². The van der Waals surface area contributed by atoms with Gasteiger partial charge in [0.1, 0.15) is 4.90 Å². The standard InChI is InChI=1S/C18H25ClN4O3S/c1-11-16(12(2)23(20-11)18(3,4)5)27(25,26)21-15-10-13(19)8-9-14(15)17(24)22(6)7/h8-10,21H,1-7H3. The SMILES string of the molecule is Cc1nn(C(C)(C)C)c(C)c1S(=O)(=O)Nc1cc(Cl)ccc1C(=O)N(C)C. The molecule has 0 atom stereocenters. The molecule has 2 rings (SSSR count). The highest BCUT2D eigenvalue weighted by Crippen LogP contribution is 2.29. The largest absolute Gasteiger partial charge is 0.345 e. The van der Waals surface area contributed by atoms with Crippen LogP contribution in [0.1, 0.15) is 42.5 Å². The number of carbonyl (C=O) groups excluding carboxylic acids is 1. The summed E-state index contributed by atoms with van der Waals surface area (Å²) in [7, 11) is -0.787. The van der Waals surface area contributed by atoms with Crippen molar-refractivity contribution in [2.24, 2.45) is 0 Å². The Bertz CT molecular complexity index is 989. The molecule has 0 fully saturated rings. The Morgan fingerprint density at radius 3 is 2.30 bits per heavy atom. The number of benzene rings is 1. The lowest BCUT2D eigenvalue weighted by Crippen LogP contribution is -2.25. The number of halogens is 1. The van der Waals surface area contributed by atoms with Gasteiger partial charge in [0, 0.05) is 19.1 Å². The fraction of sp³-hybridized carbons (Fsp3) is 0.444. The van der Waals surface area contributed by atoms with Crippen LogP contribution in [0.15, 0.2) is 23.1 Å². The average Bonchev–Trinajstić information content (AvgIpc) is 2.81. The van der Waals surface area contributed by atoms with Gasteiger partial charge in [-0.25, -0.2) is 8.42 Å². The van der Waals surface area contributed by atoms with E-state index < -0.39 is 10.0 Å². The van der Waals surface area contributed by atoms with Gasteiger partial charge in [-0.3, -0.25) is 14.2 Å². The lowest BCUT2D eigenvalue weighted by Gasteiger charge is -2.21. The molecule has 0 bridgehead atoms. The molecule has 0 unspecified atom stereocenters. The summed E-state index contributed by atoms with van der Waals surface area (Å²) in [6.45, 7) is 9.20. The summed E-state index contributed by atoms with van der Waals surface area (Å²) in [5, 5.41) is 4.71. The van der Waals surface area contributed by atoms with Gasteiger partial charge in [-0.15, -0.1) is 0 Å². The quantitative estimate of drug-likeness (QED) is 0.833. The maximum atomic E-state index is 13.1. The zero-order valence-corrected chi connectivity index (χ0v) is 18.2. The number of carbonyl (C=O) groups is 1. The van der Waals surface area contributed by atoms with Gasteiger partial charge in [0.2, 0.25) is 0 Å². The Labute approximate surface area is 165 Å². The molecular weight excluding hydrogens is 388 g/mol. The van der Waals surface area contributed by atoms with Gasteiger partial charge in [0.25, 0.3) is 15.9 Å². The van der Waals surface area contributed by atoms with Crippen molar-refractivity contribution in [1.29, 1.82) is 0 Å². The molecule has 0 saturated carbocycles. The van der Waals surface area contributed by atoms with Crippen molar-refractivity contribution in [2.45, 2.75) is 45.1 Å². The lowest BCUT2D eigenvalue weighted by atomic mass is 10.1. The fourth-order valence-electron chi connectivity index (χ4n) is 2.89. The van der Waals surface area contributed by atoms with E-state index in [-0.39, 0.29) is 27.6 Å². The molecule has 0 saturated heterocycles. The summed E-state index contributed by atoms with van der Waals surface area (Å²) in [5.41, 5.74) is 0.882. The minimum atomic E-state index is -3.98. The number of aryl methyl sites for hydroxylation is 1. The first kappa shape index (κ1) is 21.2. The summed E-state index contributed by atoms with van der Waals surface area (Å²) in [6.07, 6.45) is 0. The molecule has 1 amide bonds. The first-order valence-electron chi connectivity index (χ1n) is 8.36. The van der Waals surface area contributed by atoms with Gasteiger partial charge >= 0.3 is 0 Å². The minimum absolute atomic E-state index is 0.0978. The molecule has 148 valence electrons. The van der Waals surface area contributed by atoms with Crippen molar-refractivity contribution in [3.8, 4) is 0 Å². The number of sulfonamides is 1. The molecule has 1 aromatic carbocycles. The number of rotatable bonds is 4. The van der Waals surface area contributed by atoms with E-state index in [9.17, 15) is 13.2 Å². The maximum absolute atomic E-state index is 13.1. The van der Waals surface area contributed by atoms with Crippen molar-refractivity contribution in [2.75, 3.05) is 18.8 Å². The number of aromatic nitrogens is 2. The van der Waals surface area contributed by atoms with E-state index in [1.807, 2.05) is 20.8 Å². The molecule has 0 aliphatic heterocycles. The average molecular weight is 413 g/mol. The Balaban J connectivity index is 2.58. The lowest BCUT2D eigenvalue weighted by molar-refractivity contribution is 0.0828. The molecule has 1 aromatic heterocycles. The molecule has 0 aliphatic carbocycles. The number of amides is 1. The Hall–Kier alpha value is -2.06. The molecule has 1 N–H and O–H groups in total.